The van der Waals surface area contributed by atoms with Crippen molar-refractivity contribution in [2.45, 2.75) is 150 Å². The van der Waals surface area contributed by atoms with E-state index in [1.165, 1.54) is 11.1 Å². The minimum atomic E-state index is -1.68. The van der Waals surface area contributed by atoms with Gasteiger partial charge in [0.05, 0.1) is 32.3 Å². The summed E-state index contributed by atoms with van der Waals surface area (Å²) >= 11 is 0. The highest BCUT2D eigenvalue weighted by Gasteiger charge is 2.40. The molecule has 3 aromatic rings. The van der Waals surface area contributed by atoms with Gasteiger partial charge in [-0.2, -0.15) is 9.59 Å². The summed E-state index contributed by atoms with van der Waals surface area (Å²) in [6, 6.07) is 21.2. The molecule has 0 bridgehead atoms. The van der Waals surface area contributed by atoms with Gasteiger partial charge >= 0.3 is 24.1 Å². The molecule has 68 heavy (non-hydrogen) atoms. The number of imidazole rings is 1. The van der Waals surface area contributed by atoms with Crippen molar-refractivity contribution in [3.63, 3.8) is 0 Å². The van der Waals surface area contributed by atoms with E-state index in [9.17, 15) is 14.4 Å². The van der Waals surface area contributed by atoms with Gasteiger partial charge in [-0.15, -0.1) is 0 Å². The van der Waals surface area contributed by atoms with Crippen molar-refractivity contribution >= 4 is 32.6 Å². The normalized spacial score (nSPS) is 15.5. The molecular weight excluding hydrogens is 886 g/mol. The molecule has 1 heterocycles. The Morgan fingerprint density at radius 1 is 0.735 bits per heavy atom. The van der Waals surface area contributed by atoms with Crippen LogP contribution in [0.2, 0.25) is 0 Å². The van der Waals surface area contributed by atoms with E-state index < -0.39 is 31.4 Å². The molecule has 1 aliphatic carbocycles. The van der Waals surface area contributed by atoms with Crippen molar-refractivity contribution in [2.75, 3.05) is 59.0 Å². The third kappa shape index (κ3) is 21.5. The number of carbonyl (C=O) groups excluding carboxylic acids is 5. The molecule has 1 saturated carbocycles. The Hall–Kier alpha value is -4.33. The number of rotatable bonds is 22. The Bertz CT molecular complexity index is 1940. The maximum atomic E-state index is 13.7. The molecule has 15 nitrogen and oxygen atoms in total. The third-order valence-electron chi connectivity index (χ3n) is 10.9. The molecule has 0 saturated heterocycles. The molecule has 0 radical (unpaired) electrons. The van der Waals surface area contributed by atoms with Crippen LogP contribution >= 0.6 is 8.53 Å². The van der Waals surface area contributed by atoms with Gasteiger partial charge in [0, 0.05) is 50.0 Å². The summed E-state index contributed by atoms with van der Waals surface area (Å²) in [7, 11) is -1.68. The predicted octanol–water partition coefficient (Wildman–Crippen LogP) is 8.70. The summed E-state index contributed by atoms with van der Waals surface area (Å²) in [5.74, 6) is -1.03. The van der Waals surface area contributed by atoms with Crippen LogP contribution in [-0.4, -0.2) is 136 Å². The smallest absolute Gasteiger partial charge is 0.373 e. The van der Waals surface area contributed by atoms with Crippen LogP contribution in [0.1, 0.15) is 127 Å². The number of aromatic nitrogens is 2. The third-order valence-corrected chi connectivity index (χ3v) is 12.3. The maximum absolute atomic E-state index is 13.7. The summed E-state index contributed by atoms with van der Waals surface area (Å²) in [6.07, 6.45) is 9.01. The lowest BCUT2D eigenvalue weighted by atomic mass is 9.65. The number of benzene rings is 2. The van der Waals surface area contributed by atoms with Gasteiger partial charge in [-0.25, -0.2) is 4.98 Å². The fourth-order valence-electron chi connectivity index (χ4n) is 8.24. The van der Waals surface area contributed by atoms with Gasteiger partial charge in [-0.1, -0.05) is 88.4 Å². The lowest BCUT2D eigenvalue weighted by molar-refractivity contribution is -0.192. The first kappa shape index (κ1) is 58.0. The van der Waals surface area contributed by atoms with Crippen LogP contribution in [0.25, 0.3) is 0 Å². The molecule has 2 atom stereocenters. The van der Waals surface area contributed by atoms with Crippen LogP contribution < -0.4 is 0 Å². The Kier molecular flexibility index (Phi) is 22.7. The molecule has 2 aromatic carbocycles. The van der Waals surface area contributed by atoms with Crippen molar-refractivity contribution in [1.82, 2.24) is 24.0 Å². The Morgan fingerprint density at radius 3 is 1.62 bits per heavy atom. The van der Waals surface area contributed by atoms with Crippen molar-refractivity contribution in [2.24, 2.45) is 5.41 Å². The molecule has 1 fully saturated rings. The summed E-state index contributed by atoms with van der Waals surface area (Å²) in [5.41, 5.74) is 0.298. The Morgan fingerprint density at radius 2 is 1.19 bits per heavy atom. The number of carbonyl (C=O) groups is 3. The molecule has 0 N–H and O–H groups in total. The Balaban J connectivity index is 0.00000397. The quantitative estimate of drug-likeness (QED) is 0.0535. The van der Waals surface area contributed by atoms with Gasteiger partial charge in [0.2, 0.25) is 0 Å². The highest BCUT2D eigenvalue weighted by molar-refractivity contribution is 7.45. The van der Waals surface area contributed by atoms with Crippen LogP contribution in [-0.2, 0) is 52.6 Å². The highest BCUT2D eigenvalue weighted by Crippen LogP contribution is 2.50. The number of hydrogen-bond acceptors (Lipinski definition) is 14. The fraction of sp³-hybridized carbons (Fsp3) is 0.635. The molecule has 1 aliphatic rings. The zero-order valence-corrected chi connectivity index (χ0v) is 44.0. The molecule has 0 amide bonds. The zero-order valence-electron chi connectivity index (χ0n) is 43.1. The lowest BCUT2D eigenvalue weighted by Gasteiger charge is -2.42. The number of hydrogen-bond donors (Lipinski definition) is 0. The standard InChI is InChI=1S/C51H80N5O8P.CO2/c1-14-53(34-44(57)61-48(5,6)7)31-32-54(35-45(58)62-49(8,9)10)33-42(55(38-47(2,3)4)36-46(59)63-50(11,12)13)37-60-65(56-30-29-52-39-56)64-43-25-27-51(28-26-43,40-21-17-15-18-22-40)41-23-19-16-20-24-41;2-1-3/h15-24,29-30,39,42-43H,14,25-28,31-38H2,1-13H3;/t42-,65?;/m1./s1. The van der Waals surface area contributed by atoms with E-state index in [1.54, 1.807) is 12.5 Å². The summed E-state index contributed by atoms with van der Waals surface area (Å²) in [4.78, 5) is 67.0. The molecule has 16 heteroatoms. The average molecular weight is 966 g/mol. The second kappa shape index (κ2) is 26.6. The summed E-state index contributed by atoms with van der Waals surface area (Å²) < 4.78 is 33.2. The van der Waals surface area contributed by atoms with Crippen molar-refractivity contribution in [3.05, 3.63) is 90.5 Å². The molecule has 0 spiro atoms. The zero-order chi connectivity index (χ0) is 50.8. The van der Waals surface area contributed by atoms with Crippen LogP contribution in [0.3, 0.4) is 0 Å². The molecule has 4 rings (SSSR count). The van der Waals surface area contributed by atoms with E-state index in [0.29, 0.717) is 32.7 Å². The number of nitrogens with zero attached hydrogens (tertiary/aromatic N) is 5. The predicted molar refractivity (Wildman–Crippen MR) is 263 cm³/mol. The lowest BCUT2D eigenvalue weighted by Crippen LogP contribution is -2.53. The SMILES string of the molecule is CCN(CCN(CC(=O)OC(C)(C)C)C[C@H](COP(OC1CCC(c2ccccc2)(c2ccccc2)CC1)n1ccnc1)N(CC(=O)OC(C)(C)C)CC(C)(C)C)CC(=O)OC(C)(C)C.O=C=O. The summed E-state index contributed by atoms with van der Waals surface area (Å²) in [6.45, 7) is 27.8. The first-order valence-electron chi connectivity index (χ1n) is 23.8. The fourth-order valence-corrected chi connectivity index (χ4v) is 9.62. The summed E-state index contributed by atoms with van der Waals surface area (Å²) in [5, 5.41) is 0. The second-order valence-electron chi connectivity index (χ2n) is 21.7. The van der Waals surface area contributed by atoms with E-state index in [1.807, 2.05) is 89.6 Å². The van der Waals surface area contributed by atoms with Gasteiger partial charge in [0.15, 0.2) is 0 Å². The topological polar surface area (TPSA) is 159 Å². The number of ether oxygens (including phenoxy) is 3. The molecule has 378 valence electrons. The van der Waals surface area contributed by atoms with Gasteiger partial charge in [-0.05, 0) is 111 Å². The molecule has 0 aliphatic heterocycles. The molecular formula is C52H80N5O10P. The molecule has 1 aromatic heterocycles. The number of likely N-dealkylation sites (N-methyl/N-ethyl adjacent to an activating group) is 1. The van der Waals surface area contributed by atoms with E-state index in [-0.39, 0.29) is 67.2 Å². The van der Waals surface area contributed by atoms with Crippen molar-refractivity contribution < 1.29 is 47.2 Å². The minimum absolute atomic E-state index is 0.00695. The van der Waals surface area contributed by atoms with E-state index in [2.05, 4.69) is 91.3 Å². The first-order chi connectivity index (χ1) is 31.7. The Labute approximate surface area is 407 Å². The maximum Gasteiger partial charge on any atom is 0.373 e. The molecule has 1 unspecified atom stereocenters. The van der Waals surface area contributed by atoms with E-state index >= 15 is 0 Å². The van der Waals surface area contributed by atoms with Gasteiger partial charge in [-0.3, -0.25) is 33.4 Å². The van der Waals surface area contributed by atoms with Gasteiger partial charge in [0.25, 0.3) is 8.53 Å². The van der Waals surface area contributed by atoms with E-state index in [4.69, 9.17) is 32.8 Å². The minimum Gasteiger partial charge on any atom is -0.459 e. The number of esters is 3. The van der Waals surface area contributed by atoms with Gasteiger partial charge < -0.3 is 23.3 Å². The average Bonchev–Trinajstić information content (AvgIpc) is 3.77. The van der Waals surface area contributed by atoms with Gasteiger partial charge in [0.1, 0.15) is 23.1 Å². The van der Waals surface area contributed by atoms with Crippen LogP contribution in [0.15, 0.2) is 79.4 Å². The first-order valence-corrected chi connectivity index (χ1v) is 24.9. The second-order valence-corrected chi connectivity index (χ2v) is 23.1. The largest absolute Gasteiger partial charge is 0.459 e. The van der Waals surface area contributed by atoms with Crippen LogP contribution in [0.5, 0.6) is 0 Å². The van der Waals surface area contributed by atoms with Crippen LogP contribution in [0, 0.1) is 5.41 Å². The van der Waals surface area contributed by atoms with Crippen LogP contribution in [0.4, 0.5) is 0 Å². The van der Waals surface area contributed by atoms with E-state index in [0.717, 1.165) is 25.7 Å². The highest BCUT2D eigenvalue weighted by atomic mass is 31.2. The van der Waals surface area contributed by atoms with Crippen molar-refractivity contribution in [1.29, 1.82) is 0 Å². The monoisotopic (exact) mass is 966 g/mol. The van der Waals surface area contributed by atoms with Crippen molar-refractivity contribution in [3.8, 4) is 0 Å².